The number of halogens is 1. The Bertz CT molecular complexity index is 428. The second-order valence-electron chi connectivity index (χ2n) is 5.31. The zero-order valence-corrected chi connectivity index (χ0v) is 11.6. The second-order valence-corrected chi connectivity index (χ2v) is 5.74. The lowest BCUT2D eigenvalue weighted by Crippen LogP contribution is -2.51. The van der Waals surface area contributed by atoms with Gasteiger partial charge in [0, 0.05) is 29.2 Å². The number of amides is 1. The lowest BCUT2D eigenvalue weighted by molar-refractivity contribution is 0.0578. The Labute approximate surface area is 113 Å². The summed E-state index contributed by atoms with van der Waals surface area (Å²) < 4.78 is 0. The monoisotopic (exact) mass is 266 g/mol. The van der Waals surface area contributed by atoms with Crippen LogP contribution in [0.15, 0.2) is 24.3 Å². The number of hydrogen-bond donors (Lipinski definition) is 1. The molecule has 98 valence electrons. The van der Waals surface area contributed by atoms with Crippen LogP contribution in [-0.4, -0.2) is 36.0 Å². The van der Waals surface area contributed by atoms with Crippen molar-refractivity contribution in [1.82, 2.24) is 10.2 Å². The van der Waals surface area contributed by atoms with Gasteiger partial charge in [-0.05, 0) is 51.1 Å². The molecule has 0 unspecified atom stereocenters. The fourth-order valence-electron chi connectivity index (χ4n) is 2.28. The largest absolute Gasteiger partial charge is 0.332 e. The van der Waals surface area contributed by atoms with Crippen LogP contribution in [0.3, 0.4) is 0 Å². The van der Waals surface area contributed by atoms with Crippen molar-refractivity contribution in [1.29, 1.82) is 0 Å². The number of hydrogen-bond acceptors (Lipinski definition) is 2. The molecule has 1 aliphatic heterocycles. The van der Waals surface area contributed by atoms with Crippen molar-refractivity contribution in [3.63, 3.8) is 0 Å². The molecule has 2 rings (SSSR count). The normalized spacial score (nSPS) is 19.4. The van der Waals surface area contributed by atoms with E-state index in [4.69, 9.17) is 11.6 Å². The topological polar surface area (TPSA) is 32.3 Å². The fourth-order valence-corrected chi connectivity index (χ4v) is 2.41. The van der Waals surface area contributed by atoms with Gasteiger partial charge >= 0.3 is 0 Å². The molecule has 0 spiro atoms. The van der Waals surface area contributed by atoms with Crippen molar-refractivity contribution < 1.29 is 4.79 Å². The fraction of sp³-hybridized carbons (Fsp3) is 0.500. The molecular weight excluding hydrogens is 248 g/mol. The average Bonchev–Trinajstić information content (AvgIpc) is 2.50. The van der Waals surface area contributed by atoms with Gasteiger partial charge in [-0.15, -0.1) is 0 Å². The van der Waals surface area contributed by atoms with Gasteiger partial charge in [0.15, 0.2) is 0 Å². The smallest absolute Gasteiger partial charge is 0.254 e. The van der Waals surface area contributed by atoms with E-state index in [0.29, 0.717) is 10.6 Å². The molecule has 1 N–H and O–H groups in total. The SMILES string of the molecule is CC1(C)CNCCCN1C(=O)c1ccc(Cl)cc1. The number of nitrogens with zero attached hydrogens (tertiary/aromatic N) is 1. The van der Waals surface area contributed by atoms with Crippen LogP contribution in [0.25, 0.3) is 0 Å². The molecule has 0 radical (unpaired) electrons. The third-order valence-corrected chi connectivity index (χ3v) is 3.61. The van der Waals surface area contributed by atoms with E-state index in [2.05, 4.69) is 19.2 Å². The lowest BCUT2D eigenvalue weighted by Gasteiger charge is -2.37. The predicted molar refractivity (Wildman–Crippen MR) is 74.1 cm³/mol. The first kappa shape index (κ1) is 13.4. The van der Waals surface area contributed by atoms with Gasteiger partial charge in [0.05, 0.1) is 0 Å². The summed E-state index contributed by atoms with van der Waals surface area (Å²) in [4.78, 5) is 14.5. The minimum absolute atomic E-state index is 0.0837. The molecular formula is C14H19ClN2O. The zero-order chi connectivity index (χ0) is 13.2. The highest BCUT2D eigenvalue weighted by atomic mass is 35.5. The van der Waals surface area contributed by atoms with Crippen LogP contribution in [0.5, 0.6) is 0 Å². The maximum Gasteiger partial charge on any atom is 0.254 e. The van der Waals surface area contributed by atoms with E-state index >= 15 is 0 Å². The van der Waals surface area contributed by atoms with Gasteiger partial charge in [-0.2, -0.15) is 0 Å². The molecule has 1 aliphatic rings. The molecule has 1 saturated heterocycles. The van der Waals surface area contributed by atoms with E-state index in [0.717, 1.165) is 26.1 Å². The van der Waals surface area contributed by atoms with Crippen LogP contribution in [0, 0.1) is 0 Å². The third kappa shape index (κ3) is 2.85. The highest BCUT2D eigenvalue weighted by Gasteiger charge is 2.32. The van der Waals surface area contributed by atoms with E-state index < -0.39 is 0 Å². The van der Waals surface area contributed by atoms with Crippen LogP contribution in [0.1, 0.15) is 30.6 Å². The van der Waals surface area contributed by atoms with E-state index in [1.54, 1.807) is 24.3 Å². The summed E-state index contributed by atoms with van der Waals surface area (Å²) in [6, 6.07) is 7.11. The molecule has 4 heteroatoms. The van der Waals surface area contributed by atoms with Crippen LogP contribution in [0.2, 0.25) is 5.02 Å². The molecule has 1 heterocycles. The third-order valence-electron chi connectivity index (χ3n) is 3.36. The first-order valence-corrected chi connectivity index (χ1v) is 6.67. The lowest BCUT2D eigenvalue weighted by atomic mass is 10.0. The Hall–Kier alpha value is -1.06. The Morgan fingerprint density at radius 2 is 2.00 bits per heavy atom. The van der Waals surface area contributed by atoms with Gasteiger partial charge in [-0.25, -0.2) is 0 Å². The Balaban J connectivity index is 2.23. The van der Waals surface area contributed by atoms with Crippen molar-refractivity contribution in [2.24, 2.45) is 0 Å². The average molecular weight is 267 g/mol. The summed E-state index contributed by atoms with van der Waals surface area (Å²) in [5.74, 6) is 0.0837. The van der Waals surface area contributed by atoms with Crippen molar-refractivity contribution >= 4 is 17.5 Å². The van der Waals surface area contributed by atoms with Crippen LogP contribution < -0.4 is 5.32 Å². The molecule has 0 bridgehead atoms. The summed E-state index contributed by atoms with van der Waals surface area (Å²) in [7, 11) is 0. The first-order valence-electron chi connectivity index (χ1n) is 6.29. The standard InChI is InChI=1S/C14H19ClN2O/c1-14(2)10-16-8-3-9-17(14)13(18)11-4-6-12(15)7-5-11/h4-7,16H,3,8-10H2,1-2H3. The number of carbonyl (C=O) groups excluding carboxylic acids is 1. The maximum atomic E-state index is 12.5. The van der Waals surface area contributed by atoms with Crippen molar-refractivity contribution in [2.45, 2.75) is 25.8 Å². The van der Waals surface area contributed by atoms with Gasteiger partial charge < -0.3 is 10.2 Å². The number of benzene rings is 1. The van der Waals surface area contributed by atoms with Crippen molar-refractivity contribution in [3.8, 4) is 0 Å². The highest BCUT2D eigenvalue weighted by molar-refractivity contribution is 6.30. The summed E-state index contributed by atoms with van der Waals surface area (Å²) in [6.07, 6.45) is 0.989. The van der Waals surface area contributed by atoms with Crippen LogP contribution >= 0.6 is 11.6 Å². The first-order chi connectivity index (χ1) is 8.50. The molecule has 1 aromatic rings. The molecule has 18 heavy (non-hydrogen) atoms. The molecule has 0 aromatic heterocycles. The van der Waals surface area contributed by atoms with Crippen molar-refractivity contribution in [3.05, 3.63) is 34.9 Å². The van der Waals surface area contributed by atoms with E-state index in [1.165, 1.54) is 0 Å². The van der Waals surface area contributed by atoms with Crippen LogP contribution in [0.4, 0.5) is 0 Å². The minimum atomic E-state index is -0.160. The van der Waals surface area contributed by atoms with E-state index in [9.17, 15) is 4.79 Å². The molecule has 0 atom stereocenters. The highest BCUT2D eigenvalue weighted by Crippen LogP contribution is 2.20. The van der Waals surface area contributed by atoms with E-state index in [-0.39, 0.29) is 11.4 Å². The quantitative estimate of drug-likeness (QED) is 0.847. The molecule has 0 aliphatic carbocycles. The number of rotatable bonds is 1. The van der Waals surface area contributed by atoms with Gasteiger partial charge in [-0.1, -0.05) is 11.6 Å². The molecule has 0 saturated carbocycles. The summed E-state index contributed by atoms with van der Waals surface area (Å²) in [5.41, 5.74) is 0.544. The summed E-state index contributed by atoms with van der Waals surface area (Å²) in [6.45, 7) is 6.78. The molecule has 1 fully saturated rings. The maximum absolute atomic E-state index is 12.5. The molecule has 1 amide bonds. The molecule has 1 aromatic carbocycles. The Morgan fingerprint density at radius 1 is 1.33 bits per heavy atom. The van der Waals surface area contributed by atoms with Gasteiger partial charge in [-0.3, -0.25) is 4.79 Å². The number of carbonyl (C=O) groups is 1. The van der Waals surface area contributed by atoms with Gasteiger partial charge in [0.1, 0.15) is 0 Å². The van der Waals surface area contributed by atoms with Gasteiger partial charge in [0.2, 0.25) is 0 Å². The van der Waals surface area contributed by atoms with E-state index in [1.807, 2.05) is 4.90 Å². The minimum Gasteiger partial charge on any atom is -0.332 e. The number of nitrogens with one attached hydrogen (secondary N) is 1. The van der Waals surface area contributed by atoms with Gasteiger partial charge in [0.25, 0.3) is 5.91 Å². The van der Waals surface area contributed by atoms with Crippen LogP contribution in [-0.2, 0) is 0 Å². The summed E-state index contributed by atoms with van der Waals surface area (Å²) >= 11 is 5.85. The Morgan fingerprint density at radius 3 is 2.67 bits per heavy atom. The second kappa shape index (κ2) is 5.29. The zero-order valence-electron chi connectivity index (χ0n) is 10.9. The predicted octanol–water partition coefficient (Wildman–Crippen LogP) is 2.55. The van der Waals surface area contributed by atoms with Crippen molar-refractivity contribution in [2.75, 3.05) is 19.6 Å². The Kier molecular flexibility index (Phi) is 3.93. The summed E-state index contributed by atoms with van der Waals surface area (Å²) in [5, 5.41) is 4.02. The molecule has 3 nitrogen and oxygen atoms in total.